The van der Waals surface area contributed by atoms with Crippen molar-refractivity contribution in [1.82, 2.24) is 0 Å². The maximum Gasteiger partial charge on any atom is 2.00 e. The van der Waals surface area contributed by atoms with Crippen LogP contribution in [0.5, 0.6) is 97.7 Å². The molecule has 0 amide bonds. The molecule has 6 aliphatic heterocycles. The van der Waals surface area contributed by atoms with Gasteiger partial charge < -0.3 is 104 Å². The number of ether oxygens (including phenoxy) is 13. The number of aromatic hydroxyl groups is 4. The first-order valence-corrected chi connectivity index (χ1v) is 23.6. The summed E-state index contributed by atoms with van der Waals surface area (Å²) in [5.74, 6) is 9.22. The Balaban J connectivity index is 0.000000131. The maximum absolute atomic E-state index is 10.5. The van der Waals surface area contributed by atoms with Crippen molar-refractivity contribution in [2.24, 2.45) is 0 Å². The van der Waals surface area contributed by atoms with Crippen LogP contribution in [0.15, 0.2) is 146 Å². The van der Waals surface area contributed by atoms with Gasteiger partial charge in [0.05, 0.1) is 18.6 Å². The van der Waals surface area contributed by atoms with Crippen molar-refractivity contribution in [2.75, 3.05) is 47.9 Å². The number of fused-ring (bicyclic) bond motifs is 6. The molecule has 0 saturated carbocycles. The first-order chi connectivity index (χ1) is 37.1. The molecule has 0 aromatic heterocycles. The van der Waals surface area contributed by atoms with Crippen LogP contribution >= 0.6 is 0 Å². The zero-order valence-corrected chi connectivity index (χ0v) is 44.7. The van der Waals surface area contributed by atoms with Crippen LogP contribution in [0.25, 0.3) is 0 Å². The number of phenols is 4. The average Bonchev–Trinajstić information content (AvgIpc) is 4.32. The van der Waals surface area contributed by atoms with E-state index in [1.54, 1.807) is 55.6 Å². The SMILES string of the molecule is COc1ccc2c(c1)OCO2.OC(c1ccc2c(c1)OCO2)c1ccc2c(c1)OCO2.Oc1ccc(Cc2ccc(O)c(O)c2)cc1O.[Br-].[Mg+2].[c-]1ccc2c(c1)OCO2.c1cc2c(cc1Cc1ccc3c(c1)OCO3)OCO2. The summed E-state index contributed by atoms with van der Waals surface area (Å²) in [6.45, 7) is 1.71. The van der Waals surface area contributed by atoms with Gasteiger partial charge in [-0.1, -0.05) is 36.4 Å². The third-order valence-corrected chi connectivity index (χ3v) is 12.0. The average molecular weight is 1140 g/mol. The van der Waals surface area contributed by atoms with Gasteiger partial charge >= 0.3 is 23.1 Å². The van der Waals surface area contributed by atoms with Crippen LogP contribution in [-0.4, -0.2) is 96.5 Å². The number of aliphatic hydroxyl groups excluding tert-OH is 1. The van der Waals surface area contributed by atoms with E-state index in [1.165, 1.54) is 35.4 Å². The molecule has 0 spiro atoms. The van der Waals surface area contributed by atoms with E-state index in [0.717, 1.165) is 80.4 Å². The number of benzene rings is 8. The molecule has 6 aliphatic rings. The van der Waals surface area contributed by atoms with Crippen molar-refractivity contribution in [3.63, 3.8) is 0 Å². The second kappa shape index (κ2) is 26.1. The summed E-state index contributed by atoms with van der Waals surface area (Å²) in [5.41, 5.74) is 5.45. The molecule has 18 nitrogen and oxygen atoms in total. The molecule has 0 fully saturated rings. The number of phenolic OH excluding ortho intramolecular Hbond substituents is 4. The summed E-state index contributed by atoms with van der Waals surface area (Å²) in [6.07, 6.45) is 0.564. The van der Waals surface area contributed by atoms with E-state index in [9.17, 15) is 15.3 Å². The van der Waals surface area contributed by atoms with Gasteiger partial charge in [0.2, 0.25) is 40.8 Å². The van der Waals surface area contributed by atoms with Gasteiger partial charge in [0.15, 0.2) is 80.5 Å². The standard InChI is InChI=1S/C15H12O5.C15H12O4.C13H12O4.C8H8O3.C7H5O2.BrH.Mg/c16-15(9-1-3-11-13(5-9)19-7-17-11)10-2-4-12-14(6-10)20-8-18-12;1-3-12-14(18-8-16-12)6-10(1)5-11-2-4-13-15(7-11)19-9-17-13;14-10-3-1-8(6-12(10)16)5-9-2-4-11(15)13(17)7-9;1-9-6-2-3-7-8(4-6)11-5-10-7;1-2-4-7-6(3-1)8-5-9-7;;/h1-6,15-16H,7-8H2;1-4,6-7H,5,8-9H2;1-4,6-7,14-17H,5H2;2-4H,5H2,1H3;1,3-4H,5H2;1H;/q;;;;-1;;+2/p-1. The van der Waals surface area contributed by atoms with E-state index in [0.29, 0.717) is 56.6 Å². The summed E-state index contributed by atoms with van der Waals surface area (Å²) < 4.78 is 67.9. The van der Waals surface area contributed by atoms with Gasteiger partial charge in [0, 0.05) is 6.07 Å². The van der Waals surface area contributed by atoms with Crippen LogP contribution < -0.4 is 78.6 Å². The zero-order valence-electron chi connectivity index (χ0n) is 41.7. The van der Waals surface area contributed by atoms with Crippen LogP contribution in [0.4, 0.5) is 0 Å². The number of methoxy groups -OCH3 is 1. The molecule has 0 unspecified atom stereocenters. The predicted octanol–water partition coefficient (Wildman–Crippen LogP) is 6.32. The Hall–Kier alpha value is -8.43. The Morgan fingerprint density at radius 1 is 0.385 bits per heavy atom. The molecule has 0 saturated heterocycles. The Kier molecular flexibility index (Phi) is 18.6. The molecule has 6 heterocycles. The zero-order chi connectivity index (χ0) is 52.4. The van der Waals surface area contributed by atoms with Crippen LogP contribution in [0, 0.1) is 6.07 Å². The number of hydrogen-bond acceptors (Lipinski definition) is 18. The Morgan fingerprint density at radius 2 is 0.718 bits per heavy atom. The second-order valence-electron chi connectivity index (χ2n) is 17.0. The van der Waals surface area contributed by atoms with Gasteiger partial charge in [0.25, 0.3) is 0 Å². The number of hydrogen-bond donors (Lipinski definition) is 5. The molecular formula is C58H49BrMgO18. The number of halogens is 1. The summed E-state index contributed by atoms with van der Waals surface area (Å²) in [4.78, 5) is 0. The molecule has 20 heteroatoms. The molecule has 398 valence electrons. The van der Waals surface area contributed by atoms with E-state index in [2.05, 4.69) is 18.2 Å². The number of rotatable bonds is 7. The van der Waals surface area contributed by atoms with Gasteiger partial charge in [0.1, 0.15) is 11.9 Å². The van der Waals surface area contributed by atoms with E-state index in [4.69, 9.17) is 71.8 Å². The van der Waals surface area contributed by atoms with Crippen molar-refractivity contribution in [3.8, 4) is 97.7 Å². The van der Waals surface area contributed by atoms with Crippen molar-refractivity contribution in [2.45, 2.75) is 18.9 Å². The van der Waals surface area contributed by atoms with E-state index in [1.807, 2.05) is 60.7 Å². The molecular weight excluding hydrogens is 1090 g/mol. The second-order valence-corrected chi connectivity index (χ2v) is 17.0. The van der Waals surface area contributed by atoms with Crippen molar-refractivity contribution in [1.29, 1.82) is 0 Å². The molecule has 0 atom stereocenters. The van der Waals surface area contributed by atoms with Gasteiger partial charge in [-0.15, -0.1) is 12.1 Å². The first kappa shape index (κ1) is 55.8. The Bertz CT molecular complexity index is 3150. The van der Waals surface area contributed by atoms with E-state index in [-0.39, 0.29) is 76.6 Å². The van der Waals surface area contributed by atoms with Crippen molar-refractivity contribution in [3.05, 3.63) is 185 Å². The fourth-order valence-electron chi connectivity index (χ4n) is 8.08. The van der Waals surface area contributed by atoms with E-state index < -0.39 is 6.10 Å². The first-order valence-electron chi connectivity index (χ1n) is 23.6. The topological polar surface area (TPSA) is 221 Å². The van der Waals surface area contributed by atoms with Crippen molar-refractivity contribution < 1.29 is 104 Å². The minimum absolute atomic E-state index is 0. The molecule has 0 radical (unpaired) electrons. The minimum Gasteiger partial charge on any atom is -1.00 e. The molecule has 5 N–H and O–H groups in total. The van der Waals surface area contributed by atoms with Gasteiger partial charge in [-0.3, -0.25) is 0 Å². The summed E-state index contributed by atoms with van der Waals surface area (Å²) in [7, 11) is 1.62. The molecule has 0 aliphatic carbocycles. The minimum atomic E-state index is -0.751. The van der Waals surface area contributed by atoms with Crippen LogP contribution in [0.1, 0.15) is 39.5 Å². The van der Waals surface area contributed by atoms with Gasteiger partial charge in [-0.05, 0) is 131 Å². The Morgan fingerprint density at radius 3 is 1.13 bits per heavy atom. The molecule has 78 heavy (non-hydrogen) atoms. The largest absolute Gasteiger partial charge is 2.00 e. The molecule has 8 aromatic rings. The monoisotopic (exact) mass is 1140 g/mol. The maximum atomic E-state index is 10.5. The third-order valence-electron chi connectivity index (χ3n) is 12.0. The molecule has 0 bridgehead atoms. The predicted molar refractivity (Wildman–Crippen MR) is 276 cm³/mol. The smallest absolute Gasteiger partial charge is 1.00 e. The summed E-state index contributed by atoms with van der Waals surface area (Å²) in [5, 5.41) is 47.5. The van der Waals surface area contributed by atoms with Gasteiger partial charge in [-0.25, -0.2) is 0 Å². The molecule has 8 aromatic carbocycles. The normalized spacial score (nSPS) is 13.1. The van der Waals surface area contributed by atoms with Crippen LogP contribution in [-0.2, 0) is 12.8 Å². The summed E-state index contributed by atoms with van der Waals surface area (Å²) >= 11 is 0. The van der Waals surface area contributed by atoms with Crippen LogP contribution in [0.3, 0.4) is 0 Å². The van der Waals surface area contributed by atoms with E-state index >= 15 is 0 Å². The van der Waals surface area contributed by atoms with Crippen LogP contribution in [0.2, 0.25) is 0 Å². The van der Waals surface area contributed by atoms with Crippen molar-refractivity contribution >= 4 is 23.1 Å². The summed E-state index contributed by atoms with van der Waals surface area (Å²) in [6, 6.07) is 45.7. The number of aliphatic hydroxyl groups is 1. The Labute approximate surface area is 474 Å². The molecule has 14 rings (SSSR count). The quantitative estimate of drug-likeness (QED) is 0.0669. The van der Waals surface area contributed by atoms with Gasteiger partial charge in [-0.2, -0.15) is 12.1 Å². The third kappa shape index (κ3) is 13.7. The fourth-order valence-corrected chi connectivity index (χ4v) is 8.08. The fraction of sp³-hybridized carbons (Fsp3) is 0.172.